The maximum atomic E-state index is 12.5. The van der Waals surface area contributed by atoms with Crippen LogP contribution in [0.2, 0.25) is 0 Å². The molecule has 2 aliphatic heterocycles. The molecule has 0 aromatic carbocycles. The number of nitrogens with one attached hydrogen (secondary N) is 1. The Morgan fingerprint density at radius 3 is 2.29 bits per heavy atom. The fourth-order valence-electron chi connectivity index (χ4n) is 3.68. The number of carboxylic acid groups (broad SMARTS) is 1. The number of fused-ring (bicyclic) bond motifs is 1. The molecule has 2 saturated heterocycles. The number of sulfonamides is 1. The summed E-state index contributed by atoms with van der Waals surface area (Å²) < 4.78 is 57.4. The molecule has 1 aromatic rings. The van der Waals surface area contributed by atoms with Crippen LogP contribution in [0.15, 0.2) is 24.4 Å². The van der Waals surface area contributed by atoms with Crippen LogP contribution in [0, 0.1) is 5.92 Å². The molecule has 2 fully saturated rings. The van der Waals surface area contributed by atoms with E-state index in [0.29, 0.717) is 18.7 Å². The normalized spacial score (nSPS) is 23.5. The van der Waals surface area contributed by atoms with Crippen LogP contribution in [-0.2, 0) is 19.6 Å². The molecule has 3 heterocycles. The zero-order chi connectivity index (χ0) is 23.6. The number of carbonyl (C=O) groups is 3. The van der Waals surface area contributed by atoms with Crippen LogP contribution in [0.1, 0.15) is 16.9 Å². The van der Waals surface area contributed by atoms with Gasteiger partial charge in [-0.05, 0) is 24.5 Å². The lowest BCUT2D eigenvalue weighted by molar-refractivity contribution is -0.192. The molecule has 0 radical (unpaired) electrons. The van der Waals surface area contributed by atoms with Gasteiger partial charge in [0.05, 0.1) is 6.26 Å². The number of hydrogen-bond acceptors (Lipinski definition) is 6. The van der Waals surface area contributed by atoms with Gasteiger partial charge >= 0.3 is 12.1 Å². The van der Waals surface area contributed by atoms with E-state index in [1.165, 1.54) is 11.4 Å². The highest BCUT2D eigenvalue weighted by Gasteiger charge is 2.53. The summed E-state index contributed by atoms with van der Waals surface area (Å²) >= 11 is 0. The molecule has 2 amide bonds. The molecule has 2 N–H and O–H groups in total. The molecule has 0 saturated carbocycles. The predicted octanol–water partition coefficient (Wildman–Crippen LogP) is -0.0646. The van der Waals surface area contributed by atoms with Gasteiger partial charge in [-0.3, -0.25) is 14.6 Å². The molecule has 0 bridgehead atoms. The number of aromatic nitrogens is 1. The summed E-state index contributed by atoms with van der Waals surface area (Å²) in [5.41, 5.74) is 0.339. The first-order valence-electron chi connectivity index (χ1n) is 8.98. The van der Waals surface area contributed by atoms with E-state index < -0.39 is 28.2 Å². The van der Waals surface area contributed by atoms with Crippen LogP contribution in [0.25, 0.3) is 0 Å². The average Bonchev–Trinajstić information content (AvgIpc) is 3.24. The van der Waals surface area contributed by atoms with Gasteiger partial charge in [-0.2, -0.15) is 17.5 Å². The van der Waals surface area contributed by atoms with E-state index in [2.05, 4.69) is 10.3 Å². The van der Waals surface area contributed by atoms with Crippen molar-refractivity contribution in [3.05, 3.63) is 30.1 Å². The number of likely N-dealkylation sites (tertiary alicyclic amines) is 1. The highest BCUT2D eigenvalue weighted by molar-refractivity contribution is 7.88. The third kappa shape index (κ3) is 5.70. The number of likely N-dealkylation sites (N-methyl/N-ethyl adjacent to an activating group) is 1. The fraction of sp³-hybridized carbons (Fsp3) is 0.529. The first-order valence-corrected chi connectivity index (χ1v) is 10.8. The third-order valence-electron chi connectivity index (χ3n) is 4.91. The number of alkyl halides is 3. The number of nitrogens with zero attached hydrogens (tertiary/aromatic N) is 3. The highest BCUT2D eigenvalue weighted by atomic mass is 32.2. The number of amides is 2. The van der Waals surface area contributed by atoms with E-state index in [4.69, 9.17) is 9.90 Å². The Hall–Kier alpha value is -2.74. The Morgan fingerprint density at radius 2 is 1.84 bits per heavy atom. The molecule has 3 atom stereocenters. The molecular weight excluding hydrogens is 445 g/mol. The Balaban J connectivity index is 0.000000423. The quantitative estimate of drug-likeness (QED) is 0.637. The van der Waals surface area contributed by atoms with Crippen molar-refractivity contribution in [3.8, 4) is 0 Å². The number of aliphatic carboxylic acids is 1. The fourth-order valence-corrected chi connectivity index (χ4v) is 5.05. The topological polar surface area (TPSA) is 137 Å². The number of rotatable bonds is 3. The second kappa shape index (κ2) is 9.18. The highest BCUT2D eigenvalue weighted by Crippen LogP contribution is 2.37. The van der Waals surface area contributed by atoms with E-state index in [-0.39, 0.29) is 30.3 Å². The van der Waals surface area contributed by atoms with Gasteiger partial charge in [0.25, 0.3) is 5.91 Å². The maximum absolute atomic E-state index is 12.5. The van der Waals surface area contributed by atoms with Crippen LogP contribution in [-0.4, -0.2) is 90.2 Å². The summed E-state index contributed by atoms with van der Waals surface area (Å²) in [6, 6.07) is 4.04. The Labute approximate surface area is 176 Å². The summed E-state index contributed by atoms with van der Waals surface area (Å²) in [6.45, 7) is 0.709. The number of hydrogen-bond donors (Lipinski definition) is 2. The van der Waals surface area contributed by atoms with Gasteiger partial charge in [0.2, 0.25) is 15.9 Å². The first-order chi connectivity index (χ1) is 14.3. The summed E-state index contributed by atoms with van der Waals surface area (Å²) in [5.74, 6) is -3.32. The summed E-state index contributed by atoms with van der Waals surface area (Å²) in [6.07, 6.45) is -2.01. The second-order valence-corrected chi connectivity index (χ2v) is 8.90. The van der Waals surface area contributed by atoms with Gasteiger partial charge < -0.3 is 15.3 Å². The van der Waals surface area contributed by atoms with Crippen LogP contribution < -0.4 is 5.32 Å². The van der Waals surface area contributed by atoms with Crippen molar-refractivity contribution < 1.29 is 41.1 Å². The number of carbonyl (C=O) groups excluding carboxylic acids is 2. The second-order valence-electron chi connectivity index (χ2n) is 7.01. The van der Waals surface area contributed by atoms with Gasteiger partial charge in [0, 0.05) is 32.4 Å². The Bertz CT molecular complexity index is 941. The van der Waals surface area contributed by atoms with Crippen molar-refractivity contribution in [2.24, 2.45) is 5.92 Å². The van der Waals surface area contributed by atoms with E-state index in [1.54, 1.807) is 29.3 Å². The van der Waals surface area contributed by atoms with Crippen LogP contribution in [0.4, 0.5) is 13.2 Å². The molecular formula is C17H21F3N4O6S. The van der Waals surface area contributed by atoms with Gasteiger partial charge in [-0.1, -0.05) is 6.07 Å². The summed E-state index contributed by atoms with van der Waals surface area (Å²) in [4.78, 5) is 39.1. The Morgan fingerprint density at radius 1 is 1.23 bits per heavy atom. The van der Waals surface area contributed by atoms with Crippen molar-refractivity contribution in [2.75, 3.05) is 26.4 Å². The predicted molar refractivity (Wildman–Crippen MR) is 100 cm³/mol. The van der Waals surface area contributed by atoms with Gasteiger partial charge in [0.15, 0.2) is 0 Å². The zero-order valence-electron chi connectivity index (χ0n) is 16.5. The van der Waals surface area contributed by atoms with Crippen molar-refractivity contribution in [2.45, 2.75) is 24.7 Å². The minimum Gasteiger partial charge on any atom is -0.475 e. The van der Waals surface area contributed by atoms with Crippen molar-refractivity contribution in [3.63, 3.8) is 0 Å². The maximum Gasteiger partial charge on any atom is 0.490 e. The van der Waals surface area contributed by atoms with Crippen LogP contribution >= 0.6 is 0 Å². The molecule has 0 unspecified atom stereocenters. The van der Waals surface area contributed by atoms with Crippen molar-refractivity contribution >= 4 is 27.8 Å². The van der Waals surface area contributed by atoms with Gasteiger partial charge in [0.1, 0.15) is 11.7 Å². The number of pyridine rings is 1. The third-order valence-corrected chi connectivity index (χ3v) is 6.20. The molecule has 10 nitrogen and oxygen atoms in total. The lowest BCUT2D eigenvalue weighted by Crippen LogP contribution is -2.49. The molecule has 0 aliphatic carbocycles. The number of carboxylic acids is 1. The Kier molecular flexibility index (Phi) is 7.26. The standard InChI is InChI=1S/C15H20N4O4S.C2HF3O2/c1-16-14(20)12-7-10-8-18(9-13(10)19(12)24(2,22)23)15(21)11-5-3-4-6-17-11;3-2(4,5)1(6)7/h3-6,10,12-13H,7-9H2,1-2H3,(H,16,20);(H,6,7)/t10-,12-,13+;/m1./s1. The largest absolute Gasteiger partial charge is 0.490 e. The lowest BCUT2D eigenvalue weighted by Gasteiger charge is -2.27. The molecule has 14 heteroatoms. The van der Waals surface area contributed by atoms with E-state index in [0.717, 1.165) is 6.26 Å². The molecule has 2 aliphatic rings. The summed E-state index contributed by atoms with van der Waals surface area (Å²) in [5, 5.41) is 9.65. The van der Waals surface area contributed by atoms with E-state index >= 15 is 0 Å². The SMILES string of the molecule is CNC(=O)[C@H]1C[C@@H]2CN(C(=O)c3ccccn3)C[C@@H]2N1S(C)(=O)=O.O=C(O)C(F)(F)F. The number of halogens is 3. The molecule has 0 spiro atoms. The van der Waals surface area contributed by atoms with Crippen molar-refractivity contribution in [1.82, 2.24) is 19.5 Å². The van der Waals surface area contributed by atoms with Crippen molar-refractivity contribution in [1.29, 1.82) is 0 Å². The minimum absolute atomic E-state index is 0.0466. The minimum atomic E-state index is -5.08. The first kappa shape index (κ1) is 24.5. The zero-order valence-corrected chi connectivity index (χ0v) is 17.4. The van der Waals surface area contributed by atoms with Gasteiger partial charge in [-0.15, -0.1) is 0 Å². The molecule has 172 valence electrons. The van der Waals surface area contributed by atoms with E-state index in [9.17, 15) is 31.2 Å². The van der Waals surface area contributed by atoms with Crippen LogP contribution in [0.5, 0.6) is 0 Å². The monoisotopic (exact) mass is 466 g/mol. The van der Waals surface area contributed by atoms with E-state index in [1.807, 2.05) is 0 Å². The smallest absolute Gasteiger partial charge is 0.475 e. The lowest BCUT2D eigenvalue weighted by atomic mass is 10.0. The molecule has 1 aromatic heterocycles. The van der Waals surface area contributed by atoms with Crippen LogP contribution in [0.3, 0.4) is 0 Å². The molecule has 31 heavy (non-hydrogen) atoms. The van der Waals surface area contributed by atoms with Gasteiger partial charge in [-0.25, -0.2) is 13.2 Å². The molecule has 3 rings (SSSR count). The summed E-state index contributed by atoms with van der Waals surface area (Å²) in [7, 11) is -2.06. The average molecular weight is 466 g/mol.